The summed E-state index contributed by atoms with van der Waals surface area (Å²) in [5.74, 6) is 2.41. The van der Waals surface area contributed by atoms with E-state index in [1.807, 2.05) is 12.1 Å². The van der Waals surface area contributed by atoms with Crippen LogP contribution in [0.2, 0.25) is 0 Å². The monoisotopic (exact) mass is 333 g/mol. The maximum Gasteiger partial charge on any atom is 0.159 e. The number of anilines is 4. The smallest absolute Gasteiger partial charge is 0.159 e. The van der Waals surface area contributed by atoms with E-state index in [1.54, 1.807) is 27.4 Å². The van der Waals surface area contributed by atoms with Crippen molar-refractivity contribution in [3.05, 3.63) is 24.5 Å². The van der Waals surface area contributed by atoms with Gasteiger partial charge in [-0.3, -0.25) is 0 Å². The highest BCUT2D eigenvalue weighted by Gasteiger charge is 2.11. The van der Waals surface area contributed by atoms with Crippen LogP contribution in [0.1, 0.15) is 6.42 Å². The molecular weight excluding hydrogens is 310 g/mol. The molecule has 24 heavy (non-hydrogen) atoms. The van der Waals surface area contributed by atoms with Crippen LogP contribution in [0.3, 0.4) is 0 Å². The SMILES string of the molecule is COCCCNc1ncnc(Nc2ccc(OC)cc2OC)c1N. The van der Waals surface area contributed by atoms with Gasteiger partial charge in [-0.1, -0.05) is 0 Å². The third kappa shape index (κ3) is 4.39. The van der Waals surface area contributed by atoms with Gasteiger partial charge in [-0.25, -0.2) is 9.97 Å². The van der Waals surface area contributed by atoms with Crippen LogP contribution in [0.5, 0.6) is 11.5 Å². The van der Waals surface area contributed by atoms with Crippen molar-refractivity contribution in [3.8, 4) is 11.5 Å². The molecule has 0 bridgehead atoms. The van der Waals surface area contributed by atoms with Crippen LogP contribution < -0.4 is 25.8 Å². The second kappa shape index (κ2) is 8.78. The molecular formula is C16H23N5O3. The molecule has 0 saturated heterocycles. The Bertz CT molecular complexity index is 666. The van der Waals surface area contributed by atoms with Crippen LogP contribution in [0.25, 0.3) is 0 Å². The van der Waals surface area contributed by atoms with Gasteiger partial charge in [0.25, 0.3) is 0 Å². The number of nitrogens with two attached hydrogens (primary N) is 1. The summed E-state index contributed by atoms with van der Waals surface area (Å²) in [6.45, 7) is 1.38. The number of aromatic nitrogens is 2. The van der Waals surface area contributed by atoms with Crippen molar-refractivity contribution in [3.63, 3.8) is 0 Å². The number of nitrogens with one attached hydrogen (secondary N) is 2. The van der Waals surface area contributed by atoms with Gasteiger partial charge in [-0.2, -0.15) is 0 Å². The summed E-state index contributed by atoms with van der Waals surface area (Å²) in [4.78, 5) is 8.37. The molecule has 0 unspecified atom stereocenters. The van der Waals surface area contributed by atoms with E-state index in [4.69, 9.17) is 19.9 Å². The van der Waals surface area contributed by atoms with Crippen LogP contribution >= 0.6 is 0 Å². The molecule has 0 saturated carbocycles. The molecule has 8 heteroatoms. The largest absolute Gasteiger partial charge is 0.497 e. The fourth-order valence-electron chi connectivity index (χ4n) is 2.09. The lowest BCUT2D eigenvalue weighted by Crippen LogP contribution is -2.10. The van der Waals surface area contributed by atoms with Gasteiger partial charge in [0.1, 0.15) is 23.5 Å². The third-order valence-electron chi connectivity index (χ3n) is 3.36. The zero-order valence-electron chi connectivity index (χ0n) is 14.1. The lowest BCUT2D eigenvalue weighted by atomic mass is 10.2. The first kappa shape index (κ1) is 17.6. The van der Waals surface area contributed by atoms with Gasteiger partial charge in [0.05, 0.1) is 19.9 Å². The van der Waals surface area contributed by atoms with Crippen molar-refractivity contribution in [2.24, 2.45) is 0 Å². The Balaban J connectivity index is 2.15. The van der Waals surface area contributed by atoms with Crippen molar-refractivity contribution in [2.45, 2.75) is 6.42 Å². The third-order valence-corrected chi connectivity index (χ3v) is 3.36. The van der Waals surface area contributed by atoms with Crippen LogP contribution in [-0.4, -0.2) is 44.4 Å². The van der Waals surface area contributed by atoms with Gasteiger partial charge < -0.3 is 30.6 Å². The summed E-state index contributed by atoms with van der Waals surface area (Å²) >= 11 is 0. The predicted octanol–water partition coefficient (Wildman–Crippen LogP) is 2.27. The van der Waals surface area contributed by atoms with E-state index in [2.05, 4.69) is 20.6 Å². The topological polar surface area (TPSA) is 104 Å². The molecule has 8 nitrogen and oxygen atoms in total. The van der Waals surface area contributed by atoms with Gasteiger partial charge in [-0.15, -0.1) is 0 Å². The zero-order chi connectivity index (χ0) is 17.4. The van der Waals surface area contributed by atoms with Crippen LogP contribution in [0.4, 0.5) is 23.0 Å². The lowest BCUT2D eigenvalue weighted by molar-refractivity contribution is 0.198. The Morgan fingerprint density at radius 3 is 2.58 bits per heavy atom. The Morgan fingerprint density at radius 2 is 1.88 bits per heavy atom. The first-order valence-corrected chi connectivity index (χ1v) is 7.52. The minimum Gasteiger partial charge on any atom is -0.497 e. The molecule has 0 aliphatic carbocycles. The number of methoxy groups -OCH3 is 3. The average Bonchev–Trinajstić information content (AvgIpc) is 2.61. The predicted molar refractivity (Wildman–Crippen MR) is 94.3 cm³/mol. The van der Waals surface area contributed by atoms with Crippen molar-refractivity contribution < 1.29 is 14.2 Å². The maximum atomic E-state index is 6.15. The summed E-state index contributed by atoms with van der Waals surface area (Å²) in [6, 6.07) is 5.45. The van der Waals surface area contributed by atoms with Gasteiger partial charge in [0.2, 0.25) is 0 Å². The molecule has 130 valence electrons. The molecule has 1 aromatic heterocycles. The second-order valence-corrected chi connectivity index (χ2v) is 4.95. The first-order chi connectivity index (χ1) is 11.7. The van der Waals surface area contributed by atoms with Gasteiger partial charge in [0.15, 0.2) is 11.6 Å². The zero-order valence-corrected chi connectivity index (χ0v) is 14.1. The van der Waals surface area contributed by atoms with Crippen LogP contribution in [-0.2, 0) is 4.74 Å². The molecule has 0 aliphatic heterocycles. The number of benzene rings is 1. The summed E-state index contributed by atoms with van der Waals surface area (Å²) in [5.41, 5.74) is 7.32. The van der Waals surface area contributed by atoms with E-state index in [1.165, 1.54) is 6.33 Å². The summed E-state index contributed by atoms with van der Waals surface area (Å²) in [6.07, 6.45) is 2.31. The van der Waals surface area contributed by atoms with Crippen molar-refractivity contribution in [2.75, 3.05) is 50.8 Å². The van der Waals surface area contributed by atoms with Crippen molar-refractivity contribution in [1.29, 1.82) is 0 Å². The van der Waals surface area contributed by atoms with Crippen LogP contribution in [0, 0.1) is 0 Å². The Labute approximate surface area is 141 Å². The van der Waals surface area contributed by atoms with Gasteiger partial charge >= 0.3 is 0 Å². The maximum absolute atomic E-state index is 6.15. The van der Waals surface area contributed by atoms with Gasteiger partial charge in [-0.05, 0) is 18.6 Å². The standard InChI is InChI=1S/C16H23N5O3/c1-22-8-4-7-18-15-14(17)16(20-10-19-15)21-12-6-5-11(23-2)9-13(12)24-3/h5-6,9-10H,4,7-8,17H2,1-3H3,(H2,18,19,20,21). The molecule has 0 spiro atoms. The number of nitrogens with zero attached hydrogens (tertiary/aromatic N) is 2. The molecule has 1 aromatic carbocycles. The molecule has 1 heterocycles. The fraction of sp³-hybridized carbons (Fsp3) is 0.375. The second-order valence-electron chi connectivity index (χ2n) is 4.95. The summed E-state index contributed by atoms with van der Waals surface area (Å²) in [7, 11) is 4.86. The first-order valence-electron chi connectivity index (χ1n) is 7.52. The number of nitrogen functional groups attached to an aromatic ring is 1. The Hall–Kier alpha value is -2.74. The summed E-state index contributed by atoms with van der Waals surface area (Å²) < 4.78 is 15.6. The van der Waals surface area contributed by atoms with Crippen LogP contribution in [0.15, 0.2) is 24.5 Å². The van der Waals surface area contributed by atoms with Crippen molar-refractivity contribution >= 4 is 23.0 Å². The lowest BCUT2D eigenvalue weighted by Gasteiger charge is -2.15. The molecule has 0 atom stereocenters. The fourth-order valence-corrected chi connectivity index (χ4v) is 2.09. The molecule has 4 N–H and O–H groups in total. The number of rotatable bonds is 9. The molecule has 2 rings (SSSR count). The van der Waals surface area contributed by atoms with E-state index in [9.17, 15) is 0 Å². The Morgan fingerprint density at radius 1 is 1.08 bits per heavy atom. The van der Waals surface area contributed by atoms with E-state index >= 15 is 0 Å². The quantitative estimate of drug-likeness (QED) is 0.600. The van der Waals surface area contributed by atoms with E-state index in [-0.39, 0.29) is 0 Å². The average molecular weight is 333 g/mol. The highest BCUT2D eigenvalue weighted by Crippen LogP contribution is 2.33. The normalized spacial score (nSPS) is 10.3. The highest BCUT2D eigenvalue weighted by molar-refractivity contribution is 5.79. The summed E-state index contributed by atoms with van der Waals surface area (Å²) in [5, 5.41) is 6.34. The molecule has 0 fully saturated rings. The minimum atomic E-state index is 0.438. The molecule has 0 radical (unpaired) electrons. The van der Waals surface area contributed by atoms with Gasteiger partial charge in [0, 0.05) is 26.3 Å². The highest BCUT2D eigenvalue weighted by atomic mass is 16.5. The van der Waals surface area contributed by atoms with E-state index < -0.39 is 0 Å². The number of hydrogen-bond donors (Lipinski definition) is 3. The molecule has 0 amide bonds. The number of ether oxygens (including phenoxy) is 3. The van der Waals surface area contributed by atoms with Crippen molar-refractivity contribution in [1.82, 2.24) is 9.97 Å². The Kier molecular flexibility index (Phi) is 6.44. The van der Waals surface area contributed by atoms with E-state index in [0.717, 1.165) is 12.1 Å². The number of hydrogen-bond acceptors (Lipinski definition) is 8. The molecule has 0 aliphatic rings. The van der Waals surface area contributed by atoms with E-state index in [0.29, 0.717) is 42.0 Å². The molecule has 2 aromatic rings. The minimum absolute atomic E-state index is 0.438.